The lowest BCUT2D eigenvalue weighted by atomic mass is 10.2. The second-order valence-corrected chi connectivity index (χ2v) is 4.44. The number of rotatable bonds is 2. The Kier molecular flexibility index (Phi) is 2.64. The van der Waals surface area contributed by atoms with Crippen molar-refractivity contribution < 1.29 is 9.90 Å². The van der Waals surface area contributed by atoms with E-state index in [1.807, 2.05) is 30.3 Å². The second-order valence-electron chi connectivity index (χ2n) is 4.44. The summed E-state index contributed by atoms with van der Waals surface area (Å²) in [6.45, 7) is 1.63. The number of fused-ring (bicyclic) bond motifs is 1. The minimum absolute atomic E-state index is 0.0579. The Balaban J connectivity index is 2.20. The number of carboxylic acid groups (broad SMARTS) is 1. The Morgan fingerprint density at radius 3 is 2.70 bits per heavy atom. The molecule has 0 bridgehead atoms. The first kappa shape index (κ1) is 12.2. The first-order valence-corrected chi connectivity index (χ1v) is 6.02. The number of nitrogens with two attached hydrogens (primary N) is 1. The molecule has 2 heterocycles. The van der Waals surface area contributed by atoms with Crippen LogP contribution in [0.2, 0.25) is 0 Å². The molecule has 0 fully saturated rings. The van der Waals surface area contributed by atoms with Crippen LogP contribution in [0.15, 0.2) is 36.4 Å². The topological polar surface area (TPSA) is 94.0 Å². The SMILES string of the molecule is Cc1c(C(=O)O)nn(-c2ccc3ccccc3n2)c1N. The van der Waals surface area contributed by atoms with E-state index < -0.39 is 5.97 Å². The quantitative estimate of drug-likeness (QED) is 0.741. The number of pyridine rings is 1. The molecule has 0 spiro atoms. The van der Waals surface area contributed by atoms with Crippen molar-refractivity contribution >= 4 is 22.7 Å². The third-order valence-corrected chi connectivity index (χ3v) is 3.17. The molecule has 0 saturated heterocycles. The maximum Gasteiger partial charge on any atom is 0.356 e. The van der Waals surface area contributed by atoms with Gasteiger partial charge in [0.15, 0.2) is 11.5 Å². The van der Waals surface area contributed by atoms with Gasteiger partial charge in [-0.3, -0.25) is 0 Å². The number of carboxylic acids is 1. The number of anilines is 1. The van der Waals surface area contributed by atoms with Gasteiger partial charge in [0, 0.05) is 10.9 Å². The minimum atomic E-state index is -1.10. The Bertz CT molecular complexity index is 823. The van der Waals surface area contributed by atoms with Gasteiger partial charge in [-0.25, -0.2) is 9.78 Å². The summed E-state index contributed by atoms with van der Waals surface area (Å²) in [7, 11) is 0. The molecule has 0 atom stereocenters. The van der Waals surface area contributed by atoms with Crippen LogP contribution in [0.1, 0.15) is 16.1 Å². The number of nitrogens with zero attached hydrogens (tertiary/aromatic N) is 3. The van der Waals surface area contributed by atoms with Gasteiger partial charge in [-0.2, -0.15) is 9.78 Å². The third kappa shape index (κ3) is 1.78. The Morgan fingerprint density at radius 1 is 1.25 bits per heavy atom. The van der Waals surface area contributed by atoms with Crippen LogP contribution in [0.4, 0.5) is 5.82 Å². The summed E-state index contributed by atoms with van der Waals surface area (Å²) in [4.78, 5) is 15.5. The smallest absolute Gasteiger partial charge is 0.356 e. The van der Waals surface area contributed by atoms with Crippen molar-refractivity contribution in [1.82, 2.24) is 14.8 Å². The van der Waals surface area contributed by atoms with Crippen LogP contribution in [0.5, 0.6) is 0 Å². The molecule has 0 aliphatic carbocycles. The fraction of sp³-hybridized carbons (Fsp3) is 0.0714. The van der Waals surface area contributed by atoms with Crippen LogP contribution < -0.4 is 5.73 Å². The average Bonchev–Trinajstić information content (AvgIpc) is 2.75. The van der Waals surface area contributed by atoms with E-state index in [0.717, 1.165) is 10.9 Å². The van der Waals surface area contributed by atoms with Crippen LogP contribution in [0, 0.1) is 6.92 Å². The molecule has 3 N–H and O–H groups in total. The average molecular weight is 268 g/mol. The first-order valence-electron chi connectivity index (χ1n) is 6.02. The predicted molar refractivity (Wildman–Crippen MR) is 75.0 cm³/mol. The summed E-state index contributed by atoms with van der Waals surface area (Å²) in [5.74, 6) is -0.323. The number of hydrogen-bond acceptors (Lipinski definition) is 4. The van der Waals surface area contributed by atoms with Crippen molar-refractivity contribution in [2.75, 3.05) is 5.73 Å². The van der Waals surface area contributed by atoms with Gasteiger partial charge in [0.2, 0.25) is 0 Å². The van der Waals surface area contributed by atoms with Crippen molar-refractivity contribution in [2.24, 2.45) is 0 Å². The maximum atomic E-state index is 11.1. The number of aromatic carboxylic acids is 1. The second kappa shape index (κ2) is 4.34. The van der Waals surface area contributed by atoms with E-state index in [1.165, 1.54) is 4.68 Å². The maximum absolute atomic E-state index is 11.1. The van der Waals surface area contributed by atoms with E-state index in [0.29, 0.717) is 11.4 Å². The van der Waals surface area contributed by atoms with E-state index >= 15 is 0 Å². The van der Waals surface area contributed by atoms with E-state index in [2.05, 4.69) is 10.1 Å². The van der Waals surface area contributed by atoms with Crippen molar-refractivity contribution in [3.05, 3.63) is 47.7 Å². The minimum Gasteiger partial charge on any atom is -0.476 e. The molecule has 3 rings (SSSR count). The van der Waals surface area contributed by atoms with Gasteiger partial charge in [0.25, 0.3) is 0 Å². The van der Waals surface area contributed by atoms with E-state index in [1.54, 1.807) is 13.0 Å². The number of hydrogen-bond donors (Lipinski definition) is 2. The van der Waals surface area contributed by atoms with Crippen molar-refractivity contribution in [1.29, 1.82) is 0 Å². The van der Waals surface area contributed by atoms with Crippen molar-refractivity contribution in [3.8, 4) is 5.82 Å². The molecule has 0 saturated carbocycles. The normalized spacial score (nSPS) is 10.8. The number of nitrogen functional groups attached to an aromatic ring is 1. The molecule has 100 valence electrons. The molecule has 0 radical (unpaired) electrons. The van der Waals surface area contributed by atoms with Gasteiger partial charge in [0.1, 0.15) is 5.82 Å². The lowest BCUT2D eigenvalue weighted by molar-refractivity contribution is 0.0689. The number of carbonyl (C=O) groups is 1. The monoisotopic (exact) mass is 268 g/mol. The van der Waals surface area contributed by atoms with Crippen LogP contribution in [-0.4, -0.2) is 25.8 Å². The zero-order valence-corrected chi connectivity index (χ0v) is 10.7. The summed E-state index contributed by atoms with van der Waals surface area (Å²) in [6.07, 6.45) is 0. The summed E-state index contributed by atoms with van der Waals surface area (Å²) in [5.41, 5.74) is 7.09. The molecule has 0 aliphatic rings. The highest BCUT2D eigenvalue weighted by Crippen LogP contribution is 2.21. The van der Waals surface area contributed by atoms with Crippen LogP contribution >= 0.6 is 0 Å². The molecule has 0 unspecified atom stereocenters. The molecule has 6 heteroatoms. The Morgan fingerprint density at radius 2 is 2.00 bits per heavy atom. The number of benzene rings is 1. The van der Waals surface area contributed by atoms with Gasteiger partial charge in [-0.05, 0) is 25.1 Å². The Labute approximate surface area is 114 Å². The van der Waals surface area contributed by atoms with E-state index in [-0.39, 0.29) is 11.5 Å². The molecule has 0 aliphatic heterocycles. The molecule has 2 aromatic heterocycles. The van der Waals surface area contributed by atoms with Gasteiger partial charge in [-0.1, -0.05) is 18.2 Å². The fourth-order valence-corrected chi connectivity index (χ4v) is 2.06. The van der Waals surface area contributed by atoms with Gasteiger partial charge >= 0.3 is 5.97 Å². The number of para-hydroxylation sites is 1. The van der Waals surface area contributed by atoms with Crippen LogP contribution in [-0.2, 0) is 0 Å². The molecular weight excluding hydrogens is 256 g/mol. The number of aromatic nitrogens is 3. The van der Waals surface area contributed by atoms with Crippen molar-refractivity contribution in [2.45, 2.75) is 6.92 Å². The van der Waals surface area contributed by atoms with Gasteiger partial charge in [-0.15, -0.1) is 0 Å². The van der Waals surface area contributed by atoms with Crippen LogP contribution in [0.3, 0.4) is 0 Å². The molecule has 1 aromatic carbocycles. The third-order valence-electron chi connectivity index (χ3n) is 3.17. The summed E-state index contributed by atoms with van der Waals surface area (Å²) in [5, 5.41) is 14.1. The molecule has 6 nitrogen and oxygen atoms in total. The molecule has 0 amide bonds. The lowest BCUT2D eigenvalue weighted by Crippen LogP contribution is -2.05. The summed E-state index contributed by atoms with van der Waals surface area (Å²) in [6, 6.07) is 11.3. The predicted octanol–water partition coefficient (Wildman–Crippen LogP) is 2.01. The highest BCUT2D eigenvalue weighted by Gasteiger charge is 2.18. The van der Waals surface area contributed by atoms with E-state index in [4.69, 9.17) is 10.8 Å². The first-order chi connectivity index (χ1) is 9.58. The van der Waals surface area contributed by atoms with Crippen molar-refractivity contribution in [3.63, 3.8) is 0 Å². The summed E-state index contributed by atoms with van der Waals surface area (Å²) < 4.78 is 1.35. The highest BCUT2D eigenvalue weighted by atomic mass is 16.4. The standard InChI is InChI=1S/C14H12N4O2/c1-8-12(14(19)20)17-18(13(8)15)11-7-6-9-4-2-3-5-10(9)16-11/h2-7H,15H2,1H3,(H,19,20). The largest absolute Gasteiger partial charge is 0.476 e. The molecule has 20 heavy (non-hydrogen) atoms. The van der Waals surface area contributed by atoms with Gasteiger partial charge < -0.3 is 10.8 Å². The fourth-order valence-electron chi connectivity index (χ4n) is 2.06. The van der Waals surface area contributed by atoms with Crippen LogP contribution in [0.25, 0.3) is 16.7 Å². The summed E-state index contributed by atoms with van der Waals surface area (Å²) >= 11 is 0. The zero-order valence-electron chi connectivity index (χ0n) is 10.7. The molecular formula is C14H12N4O2. The Hall–Kier alpha value is -2.89. The zero-order chi connectivity index (χ0) is 14.3. The molecule has 3 aromatic rings. The highest BCUT2D eigenvalue weighted by molar-refractivity contribution is 5.88. The van der Waals surface area contributed by atoms with Gasteiger partial charge in [0.05, 0.1) is 5.52 Å². The lowest BCUT2D eigenvalue weighted by Gasteiger charge is -2.04. The van der Waals surface area contributed by atoms with E-state index in [9.17, 15) is 4.79 Å².